The first-order valence-electron chi connectivity index (χ1n) is 6.12. The van der Waals surface area contributed by atoms with Gasteiger partial charge in [-0.25, -0.2) is 0 Å². The summed E-state index contributed by atoms with van der Waals surface area (Å²) in [6, 6.07) is 0. The summed E-state index contributed by atoms with van der Waals surface area (Å²) in [6.45, 7) is 7.55. The monoisotopic (exact) mass is 239 g/mol. The molecule has 0 bridgehead atoms. The highest BCUT2D eigenvalue weighted by Gasteiger charge is 2.23. The molecule has 1 heterocycles. The SMILES string of the molecule is CC(C)(C)NCCc1nnc(C2CCC2)s1. The summed E-state index contributed by atoms with van der Waals surface area (Å²) in [5, 5.41) is 14.5. The van der Waals surface area contributed by atoms with Gasteiger partial charge >= 0.3 is 0 Å². The lowest BCUT2D eigenvalue weighted by Gasteiger charge is -2.21. The quantitative estimate of drug-likeness (QED) is 0.878. The maximum atomic E-state index is 4.29. The number of aromatic nitrogens is 2. The first-order chi connectivity index (χ1) is 7.54. The topological polar surface area (TPSA) is 37.8 Å². The smallest absolute Gasteiger partial charge is 0.120 e. The fourth-order valence-electron chi connectivity index (χ4n) is 1.73. The molecular formula is C12H21N3S. The fraction of sp³-hybridized carbons (Fsp3) is 0.833. The minimum atomic E-state index is 0.196. The number of nitrogens with zero attached hydrogens (tertiary/aromatic N) is 2. The Morgan fingerprint density at radius 2 is 2.06 bits per heavy atom. The fourth-order valence-corrected chi connectivity index (χ4v) is 2.74. The van der Waals surface area contributed by atoms with Crippen LogP contribution in [0.3, 0.4) is 0 Å². The first-order valence-corrected chi connectivity index (χ1v) is 6.93. The second kappa shape index (κ2) is 4.80. The number of hydrogen-bond acceptors (Lipinski definition) is 4. The van der Waals surface area contributed by atoms with E-state index in [1.165, 1.54) is 29.3 Å². The van der Waals surface area contributed by atoms with Gasteiger partial charge in [0.05, 0.1) is 0 Å². The van der Waals surface area contributed by atoms with Crippen molar-refractivity contribution < 1.29 is 0 Å². The van der Waals surface area contributed by atoms with Crippen LogP contribution in [0.25, 0.3) is 0 Å². The van der Waals surface area contributed by atoms with Crippen LogP contribution in [0, 0.1) is 0 Å². The van der Waals surface area contributed by atoms with Crippen LogP contribution in [0.4, 0.5) is 0 Å². The Hall–Kier alpha value is -0.480. The Morgan fingerprint density at radius 3 is 2.62 bits per heavy atom. The van der Waals surface area contributed by atoms with Gasteiger partial charge in [0.2, 0.25) is 0 Å². The molecule has 1 aromatic heterocycles. The third kappa shape index (κ3) is 3.25. The predicted molar refractivity (Wildman–Crippen MR) is 68.0 cm³/mol. The molecule has 1 aliphatic carbocycles. The number of rotatable bonds is 4. The van der Waals surface area contributed by atoms with E-state index in [-0.39, 0.29) is 5.54 Å². The van der Waals surface area contributed by atoms with Crippen LogP contribution in [0.15, 0.2) is 0 Å². The van der Waals surface area contributed by atoms with E-state index >= 15 is 0 Å². The third-order valence-corrected chi connectivity index (χ3v) is 4.08. The maximum absolute atomic E-state index is 4.29. The third-order valence-electron chi connectivity index (χ3n) is 2.93. The zero-order valence-electron chi connectivity index (χ0n) is 10.4. The minimum absolute atomic E-state index is 0.196. The molecule has 1 aromatic rings. The molecular weight excluding hydrogens is 218 g/mol. The molecule has 2 rings (SSSR count). The van der Waals surface area contributed by atoms with E-state index in [0.717, 1.165) is 18.9 Å². The van der Waals surface area contributed by atoms with Crippen LogP contribution in [-0.4, -0.2) is 22.3 Å². The average molecular weight is 239 g/mol. The highest BCUT2D eigenvalue weighted by Crippen LogP contribution is 2.37. The van der Waals surface area contributed by atoms with Gasteiger partial charge in [-0.15, -0.1) is 21.5 Å². The molecule has 0 amide bonds. The normalized spacial score (nSPS) is 17.4. The van der Waals surface area contributed by atoms with Crippen LogP contribution in [0.2, 0.25) is 0 Å². The molecule has 3 nitrogen and oxygen atoms in total. The molecule has 1 fully saturated rings. The van der Waals surface area contributed by atoms with Gasteiger partial charge in [-0.1, -0.05) is 6.42 Å². The molecule has 0 unspecified atom stereocenters. The van der Waals surface area contributed by atoms with Crippen molar-refractivity contribution in [2.75, 3.05) is 6.54 Å². The van der Waals surface area contributed by atoms with E-state index in [9.17, 15) is 0 Å². The van der Waals surface area contributed by atoms with Crippen molar-refractivity contribution in [3.05, 3.63) is 10.0 Å². The zero-order valence-corrected chi connectivity index (χ0v) is 11.2. The van der Waals surface area contributed by atoms with Gasteiger partial charge in [-0.05, 0) is 33.6 Å². The van der Waals surface area contributed by atoms with E-state index in [1.807, 2.05) is 0 Å². The standard InChI is InChI=1S/C12H21N3S/c1-12(2,3)13-8-7-10-14-15-11(16-10)9-5-4-6-9/h9,13H,4-8H2,1-3H3. The minimum Gasteiger partial charge on any atom is -0.312 e. The molecule has 0 atom stereocenters. The first kappa shape index (κ1) is 12.0. The molecule has 0 saturated heterocycles. The van der Waals surface area contributed by atoms with E-state index < -0.39 is 0 Å². The van der Waals surface area contributed by atoms with Crippen LogP contribution < -0.4 is 5.32 Å². The number of hydrogen-bond donors (Lipinski definition) is 1. The molecule has 1 saturated carbocycles. The Balaban J connectivity index is 1.79. The van der Waals surface area contributed by atoms with Gasteiger partial charge in [0.25, 0.3) is 0 Å². The summed E-state index contributed by atoms with van der Waals surface area (Å²) in [4.78, 5) is 0. The Kier molecular flexibility index (Phi) is 3.60. The molecule has 16 heavy (non-hydrogen) atoms. The van der Waals surface area contributed by atoms with Crippen LogP contribution in [0.5, 0.6) is 0 Å². The molecule has 0 radical (unpaired) electrons. The highest BCUT2D eigenvalue weighted by molar-refractivity contribution is 7.11. The van der Waals surface area contributed by atoms with Crippen molar-refractivity contribution in [2.45, 2.75) is 57.9 Å². The average Bonchev–Trinajstić information content (AvgIpc) is 2.47. The van der Waals surface area contributed by atoms with Gasteiger partial charge in [0.1, 0.15) is 10.0 Å². The van der Waals surface area contributed by atoms with E-state index in [0.29, 0.717) is 0 Å². The molecule has 4 heteroatoms. The van der Waals surface area contributed by atoms with Crippen molar-refractivity contribution in [2.24, 2.45) is 0 Å². The van der Waals surface area contributed by atoms with Crippen molar-refractivity contribution >= 4 is 11.3 Å². The predicted octanol–water partition coefficient (Wildman–Crippen LogP) is 2.74. The second-order valence-electron chi connectivity index (χ2n) is 5.59. The van der Waals surface area contributed by atoms with E-state index in [2.05, 4.69) is 36.3 Å². The summed E-state index contributed by atoms with van der Waals surface area (Å²) >= 11 is 1.81. The Bertz CT molecular complexity index is 336. The molecule has 1 N–H and O–H groups in total. The van der Waals surface area contributed by atoms with Gasteiger partial charge in [-0.2, -0.15) is 0 Å². The lowest BCUT2D eigenvalue weighted by atomic mass is 9.86. The Morgan fingerprint density at radius 1 is 1.31 bits per heavy atom. The van der Waals surface area contributed by atoms with Crippen molar-refractivity contribution in [3.63, 3.8) is 0 Å². The molecule has 1 aliphatic rings. The molecule has 0 aromatic carbocycles. The van der Waals surface area contributed by atoms with Gasteiger partial charge in [0.15, 0.2) is 0 Å². The van der Waals surface area contributed by atoms with Crippen molar-refractivity contribution in [3.8, 4) is 0 Å². The summed E-state index contributed by atoms with van der Waals surface area (Å²) in [5.41, 5.74) is 0.196. The summed E-state index contributed by atoms with van der Waals surface area (Å²) in [7, 11) is 0. The molecule has 0 aliphatic heterocycles. The lowest BCUT2D eigenvalue weighted by molar-refractivity contribution is 0.416. The van der Waals surface area contributed by atoms with Crippen molar-refractivity contribution in [1.82, 2.24) is 15.5 Å². The van der Waals surface area contributed by atoms with Crippen LogP contribution >= 0.6 is 11.3 Å². The van der Waals surface area contributed by atoms with Crippen LogP contribution in [-0.2, 0) is 6.42 Å². The summed E-state index contributed by atoms with van der Waals surface area (Å²) < 4.78 is 0. The largest absolute Gasteiger partial charge is 0.312 e. The van der Waals surface area contributed by atoms with Crippen molar-refractivity contribution in [1.29, 1.82) is 0 Å². The molecule has 0 spiro atoms. The summed E-state index contributed by atoms with van der Waals surface area (Å²) in [6.07, 6.45) is 5.00. The maximum Gasteiger partial charge on any atom is 0.120 e. The van der Waals surface area contributed by atoms with E-state index in [4.69, 9.17) is 0 Å². The number of nitrogens with one attached hydrogen (secondary N) is 1. The second-order valence-corrected chi connectivity index (χ2v) is 6.68. The Labute approximate surface area is 102 Å². The van der Waals surface area contributed by atoms with Crippen LogP contribution in [0.1, 0.15) is 56.0 Å². The lowest BCUT2D eigenvalue weighted by Crippen LogP contribution is -2.37. The highest BCUT2D eigenvalue weighted by atomic mass is 32.1. The molecule has 90 valence electrons. The van der Waals surface area contributed by atoms with Gasteiger partial charge in [-0.3, -0.25) is 0 Å². The van der Waals surface area contributed by atoms with Gasteiger partial charge in [0, 0.05) is 24.4 Å². The van der Waals surface area contributed by atoms with E-state index in [1.54, 1.807) is 11.3 Å². The summed E-state index contributed by atoms with van der Waals surface area (Å²) in [5.74, 6) is 0.724. The van der Waals surface area contributed by atoms with Gasteiger partial charge < -0.3 is 5.32 Å². The zero-order chi connectivity index (χ0) is 11.6.